The van der Waals surface area contributed by atoms with Crippen LogP contribution >= 0.6 is 23.2 Å². The predicted molar refractivity (Wildman–Crippen MR) is 72.0 cm³/mol. The molecular formula is C13H15Cl2NO2. The first kappa shape index (κ1) is 13.7. The summed E-state index contributed by atoms with van der Waals surface area (Å²) in [7, 11) is 0. The molecule has 0 aliphatic heterocycles. The number of hydrogen-bond acceptors (Lipinski definition) is 3. The normalized spacial score (nSPS) is 16.4. The fourth-order valence-corrected chi connectivity index (χ4v) is 2.14. The predicted octanol–water partition coefficient (Wildman–Crippen LogP) is 3.35. The number of benzene rings is 1. The van der Waals surface area contributed by atoms with Gasteiger partial charge in [0.1, 0.15) is 6.04 Å². The summed E-state index contributed by atoms with van der Waals surface area (Å²) < 4.78 is 5.08. The molecule has 1 aromatic carbocycles. The van der Waals surface area contributed by atoms with Gasteiger partial charge in [-0.2, -0.15) is 0 Å². The number of rotatable bonds is 5. The van der Waals surface area contributed by atoms with Crippen LogP contribution in [0.4, 0.5) is 0 Å². The smallest absolute Gasteiger partial charge is 0.327 e. The van der Waals surface area contributed by atoms with Gasteiger partial charge in [0, 0.05) is 21.7 Å². The summed E-state index contributed by atoms with van der Waals surface area (Å²) in [6.07, 6.45) is 2.15. The lowest BCUT2D eigenvalue weighted by atomic mass is 10.1. The van der Waals surface area contributed by atoms with Crippen LogP contribution in [-0.2, 0) is 9.53 Å². The molecule has 0 heterocycles. The van der Waals surface area contributed by atoms with Crippen molar-refractivity contribution < 1.29 is 9.53 Å². The minimum atomic E-state index is -0.538. The van der Waals surface area contributed by atoms with Crippen molar-refractivity contribution in [2.75, 3.05) is 6.61 Å². The van der Waals surface area contributed by atoms with Crippen molar-refractivity contribution in [3.63, 3.8) is 0 Å². The number of carbonyl (C=O) groups excluding carboxylic acids is 1. The highest BCUT2D eigenvalue weighted by Gasteiger charge is 2.31. The van der Waals surface area contributed by atoms with Gasteiger partial charge in [-0.25, -0.2) is 4.79 Å². The third-order valence-electron chi connectivity index (χ3n) is 2.77. The standard InChI is InChI=1S/C13H15Cl2NO2/c1-2-18-13(17)12(16-9-4-5-9)10-7-8(14)3-6-11(10)15/h3,6-7,9,12,16H,2,4-5H2,1H3. The van der Waals surface area contributed by atoms with E-state index >= 15 is 0 Å². The van der Waals surface area contributed by atoms with E-state index in [1.54, 1.807) is 25.1 Å². The maximum atomic E-state index is 12.0. The molecule has 1 atom stereocenters. The molecule has 3 nitrogen and oxygen atoms in total. The van der Waals surface area contributed by atoms with E-state index < -0.39 is 6.04 Å². The van der Waals surface area contributed by atoms with Gasteiger partial charge in [-0.1, -0.05) is 23.2 Å². The molecule has 1 N–H and O–H groups in total. The first-order chi connectivity index (χ1) is 8.61. The minimum Gasteiger partial charge on any atom is -0.465 e. The Morgan fingerprint density at radius 1 is 1.50 bits per heavy atom. The van der Waals surface area contributed by atoms with Crippen LogP contribution in [-0.4, -0.2) is 18.6 Å². The third kappa shape index (κ3) is 3.37. The van der Waals surface area contributed by atoms with Gasteiger partial charge >= 0.3 is 5.97 Å². The fourth-order valence-electron chi connectivity index (χ4n) is 1.73. The first-order valence-electron chi connectivity index (χ1n) is 5.99. The van der Waals surface area contributed by atoms with E-state index in [9.17, 15) is 4.79 Å². The van der Waals surface area contributed by atoms with Crippen molar-refractivity contribution in [1.29, 1.82) is 0 Å². The Labute approximate surface area is 116 Å². The van der Waals surface area contributed by atoms with Crippen LogP contribution in [0.5, 0.6) is 0 Å². The summed E-state index contributed by atoms with van der Waals surface area (Å²) in [5.74, 6) is -0.312. The molecule has 1 aliphatic carbocycles. The molecule has 5 heteroatoms. The monoisotopic (exact) mass is 287 g/mol. The molecule has 0 radical (unpaired) electrons. The van der Waals surface area contributed by atoms with E-state index in [4.69, 9.17) is 27.9 Å². The van der Waals surface area contributed by atoms with E-state index in [-0.39, 0.29) is 5.97 Å². The van der Waals surface area contributed by atoms with E-state index in [1.807, 2.05) is 0 Å². The lowest BCUT2D eigenvalue weighted by molar-refractivity contribution is -0.145. The van der Waals surface area contributed by atoms with Crippen LogP contribution in [0.15, 0.2) is 18.2 Å². The van der Waals surface area contributed by atoms with Crippen molar-refractivity contribution in [3.8, 4) is 0 Å². The highest BCUT2D eigenvalue weighted by atomic mass is 35.5. The van der Waals surface area contributed by atoms with Gasteiger partial charge in [0.2, 0.25) is 0 Å². The summed E-state index contributed by atoms with van der Waals surface area (Å²) in [6, 6.07) is 4.94. The van der Waals surface area contributed by atoms with Gasteiger partial charge in [-0.15, -0.1) is 0 Å². The SMILES string of the molecule is CCOC(=O)C(NC1CC1)c1cc(Cl)ccc1Cl. The average Bonchev–Trinajstić information content (AvgIpc) is 3.14. The molecule has 18 heavy (non-hydrogen) atoms. The number of hydrogen-bond donors (Lipinski definition) is 1. The Balaban J connectivity index is 2.25. The van der Waals surface area contributed by atoms with Crippen molar-refractivity contribution in [1.82, 2.24) is 5.32 Å². The molecule has 1 aliphatic rings. The van der Waals surface area contributed by atoms with Crippen LogP contribution in [0.1, 0.15) is 31.4 Å². The third-order valence-corrected chi connectivity index (χ3v) is 3.35. The lowest BCUT2D eigenvalue weighted by Gasteiger charge is -2.18. The van der Waals surface area contributed by atoms with Gasteiger partial charge < -0.3 is 4.74 Å². The van der Waals surface area contributed by atoms with Crippen molar-refractivity contribution in [2.24, 2.45) is 0 Å². The molecule has 1 saturated carbocycles. The summed E-state index contributed by atoms with van der Waals surface area (Å²) >= 11 is 12.1. The zero-order valence-electron chi connectivity index (χ0n) is 10.1. The molecule has 1 fully saturated rings. The Bertz CT molecular complexity index is 447. The minimum absolute atomic E-state index is 0.312. The molecule has 98 valence electrons. The molecule has 2 rings (SSSR count). The van der Waals surface area contributed by atoms with Crippen LogP contribution in [0.2, 0.25) is 10.0 Å². The number of nitrogens with one attached hydrogen (secondary N) is 1. The van der Waals surface area contributed by atoms with Gasteiger partial charge in [-0.05, 0) is 38.0 Å². The topological polar surface area (TPSA) is 38.3 Å². The number of carbonyl (C=O) groups is 1. The van der Waals surface area contributed by atoms with Crippen LogP contribution < -0.4 is 5.32 Å². The second-order valence-electron chi connectivity index (χ2n) is 4.29. The molecule has 0 spiro atoms. The van der Waals surface area contributed by atoms with Crippen molar-refractivity contribution in [3.05, 3.63) is 33.8 Å². The molecular weight excluding hydrogens is 273 g/mol. The molecule has 0 amide bonds. The molecule has 0 saturated heterocycles. The van der Waals surface area contributed by atoms with Crippen LogP contribution in [0, 0.1) is 0 Å². The largest absolute Gasteiger partial charge is 0.465 e. The molecule has 1 unspecified atom stereocenters. The zero-order valence-corrected chi connectivity index (χ0v) is 11.6. The second-order valence-corrected chi connectivity index (χ2v) is 5.14. The van der Waals surface area contributed by atoms with E-state index in [0.29, 0.717) is 28.3 Å². The zero-order chi connectivity index (χ0) is 13.1. The van der Waals surface area contributed by atoms with E-state index in [2.05, 4.69) is 5.32 Å². The molecule has 0 bridgehead atoms. The quantitative estimate of drug-likeness (QED) is 0.844. The Morgan fingerprint density at radius 3 is 2.83 bits per heavy atom. The molecule has 1 aromatic rings. The van der Waals surface area contributed by atoms with Crippen LogP contribution in [0.3, 0.4) is 0 Å². The molecule has 0 aromatic heterocycles. The first-order valence-corrected chi connectivity index (χ1v) is 6.75. The van der Waals surface area contributed by atoms with Gasteiger partial charge in [0.15, 0.2) is 0 Å². The lowest BCUT2D eigenvalue weighted by Crippen LogP contribution is -2.32. The number of ether oxygens (including phenoxy) is 1. The van der Waals surface area contributed by atoms with Crippen molar-refractivity contribution in [2.45, 2.75) is 31.8 Å². The maximum absolute atomic E-state index is 12.0. The summed E-state index contributed by atoms with van der Waals surface area (Å²) in [5.41, 5.74) is 0.675. The highest BCUT2D eigenvalue weighted by molar-refractivity contribution is 6.33. The van der Waals surface area contributed by atoms with Crippen molar-refractivity contribution >= 4 is 29.2 Å². The summed E-state index contributed by atoms with van der Waals surface area (Å²) in [6.45, 7) is 2.13. The van der Waals surface area contributed by atoms with Gasteiger partial charge in [0.05, 0.1) is 6.61 Å². The second kappa shape index (κ2) is 5.91. The van der Waals surface area contributed by atoms with Gasteiger partial charge in [0.25, 0.3) is 0 Å². The maximum Gasteiger partial charge on any atom is 0.327 e. The Hall–Kier alpha value is -0.770. The summed E-state index contributed by atoms with van der Waals surface area (Å²) in [4.78, 5) is 12.0. The number of esters is 1. The number of halogens is 2. The van der Waals surface area contributed by atoms with Crippen LogP contribution in [0.25, 0.3) is 0 Å². The Morgan fingerprint density at radius 2 is 2.22 bits per heavy atom. The van der Waals surface area contributed by atoms with E-state index in [1.165, 1.54) is 0 Å². The Kier molecular flexibility index (Phi) is 4.49. The fraction of sp³-hybridized carbons (Fsp3) is 0.462. The highest BCUT2D eigenvalue weighted by Crippen LogP contribution is 2.30. The van der Waals surface area contributed by atoms with Gasteiger partial charge in [-0.3, -0.25) is 5.32 Å². The van der Waals surface area contributed by atoms with E-state index in [0.717, 1.165) is 12.8 Å². The summed E-state index contributed by atoms with van der Waals surface area (Å²) in [5, 5.41) is 4.32. The average molecular weight is 288 g/mol.